The third kappa shape index (κ3) is 11.8. The highest BCUT2D eigenvalue weighted by Crippen LogP contribution is 2.43. The molecule has 0 amide bonds. The van der Waals surface area contributed by atoms with Gasteiger partial charge < -0.3 is 48.9 Å². The number of ether oxygens (including phenoxy) is 2. The van der Waals surface area contributed by atoms with Crippen LogP contribution in [0.25, 0.3) is 22.3 Å². The average Bonchev–Trinajstić information content (AvgIpc) is 3.65. The van der Waals surface area contributed by atoms with Gasteiger partial charge in [-0.25, -0.2) is 29.9 Å². The Morgan fingerprint density at radius 3 is 1.42 bits per heavy atom. The van der Waals surface area contributed by atoms with E-state index in [-0.39, 0.29) is 37.1 Å². The summed E-state index contributed by atoms with van der Waals surface area (Å²) in [5, 5.41) is 0. The maximum absolute atomic E-state index is 12.4. The average molecular weight is 713 g/mol. The van der Waals surface area contributed by atoms with Crippen molar-refractivity contribution in [2.24, 2.45) is 0 Å². The Kier molecular flexibility index (Phi) is 14.2. The number of aromatic nitrogens is 8. The minimum absolute atomic E-state index is 0.180. The predicted octanol–water partition coefficient (Wildman–Crippen LogP) is 4.08. The van der Waals surface area contributed by atoms with Gasteiger partial charge in [-0.1, -0.05) is 38.5 Å². The van der Waals surface area contributed by atoms with Crippen LogP contribution in [-0.4, -0.2) is 86.9 Å². The first-order chi connectivity index (χ1) is 22.9. The summed E-state index contributed by atoms with van der Waals surface area (Å²) in [7, 11) is -7.75. The maximum Gasteiger partial charge on any atom is 0.353 e. The zero-order valence-corrected chi connectivity index (χ0v) is 29.1. The predicted molar refractivity (Wildman–Crippen MR) is 179 cm³/mol. The summed E-state index contributed by atoms with van der Waals surface area (Å²) in [6.45, 7) is 4.67. The van der Waals surface area contributed by atoms with E-state index in [9.17, 15) is 18.9 Å². The van der Waals surface area contributed by atoms with E-state index in [1.807, 2.05) is 0 Å². The fourth-order valence-electron chi connectivity index (χ4n) is 4.92. The van der Waals surface area contributed by atoms with Crippen molar-refractivity contribution >= 4 is 49.2 Å². The molecule has 0 saturated carbocycles. The molecule has 0 saturated heterocycles. The van der Waals surface area contributed by atoms with Crippen molar-refractivity contribution in [2.45, 2.75) is 90.5 Å². The van der Waals surface area contributed by atoms with E-state index in [0.717, 1.165) is 38.5 Å². The van der Waals surface area contributed by atoms with Crippen LogP contribution in [0.2, 0.25) is 0 Å². The third-order valence-electron chi connectivity index (χ3n) is 7.44. The summed E-state index contributed by atoms with van der Waals surface area (Å²) < 4.78 is 49.8. The lowest BCUT2D eigenvalue weighted by Crippen LogP contribution is -2.17. The summed E-state index contributed by atoms with van der Waals surface area (Å²) >= 11 is 0. The zero-order chi connectivity index (χ0) is 34.6. The van der Waals surface area contributed by atoms with Gasteiger partial charge in [0.1, 0.15) is 36.4 Å². The van der Waals surface area contributed by atoms with Crippen LogP contribution in [0, 0.1) is 0 Å². The minimum atomic E-state index is -3.87. The molecule has 0 aromatic carbocycles. The van der Waals surface area contributed by atoms with Crippen molar-refractivity contribution in [1.29, 1.82) is 0 Å². The standard InChI is InChI=1S/C28H46N10O8P2/c1-21(13-37-17-35-23-25(29)31-15-33-27(23)37)43-19-47(39,40)45-11-9-7-5-3-4-6-8-10-12-46-48(41,42)20-44-22(2)14-38-18-36-24-26(30)32-16-34-28(24)38/h15-18,21-22H,3-14,19-20H2,1-2H3,(H,39,40)(H,41,42)(H2,29,31,33)(H2,30,32,34)/t21-,22-/m1/s1. The summed E-state index contributed by atoms with van der Waals surface area (Å²) in [5.74, 6) is 0.572. The molecule has 20 heteroatoms. The summed E-state index contributed by atoms with van der Waals surface area (Å²) in [4.78, 5) is 44.8. The number of nitrogen functional groups attached to an aromatic ring is 2. The molecule has 0 aliphatic heterocycles. The molecule has 2 unspecified atom stereocenters. The summed E-state index contributed by atoms with van der Waals surface area (Å²) in [5.41, 5.74) is 13.7. The molecule has 266 valence electrons. The number of unbranched alkanes of at least 4 members (excludes halogenated alkanes) is 7. The Morgan fingerprint density at radius 1 is 0.646 bits per heavy atom. The van der Waals surface area contributed by atoms with Gasteiger partial charge in [-0.2, -0.15) is 0 Å². The third-order valence-corrected chi connectivity index (χ3v) is 9.56. The molecule has 0 aliphatic carbocycles. The molecule has 0 radical (unpaired) electrons. The Bertz CT molecular complexity index is 1570. The molecular formula is C28H46N10O8P2. The zero-order valence-electron chi connectivity index (χ0n) is 27.3. The van der Waals surface area contributed by atoms with E-state index in [1.165, 1.54) is 12.7 Å². The smallest absolute Gasteiger partial charge is 0.353 e. The lowest BCUT2D eigenvalue weighted by atomic mass is 10.1. The highest BCUT2D eigenvalue weighted by Gasteiger charge is 2.23. The van der Waals surface area contributed by atoms with Crippen molar-refractivity contribution in [3.63, 3.8) is 0 Å². The van der Waals surface area contributed by atoms with Crippen molar-refractivity contribution < 1.29 is 37.4 Å². The first-order valence-electron chi connectivity index (χ1n) is 15.9. The molecule has 48 heavy (non-hydrogen) atoms. The van der Waals surface area contributed by atoms with Gasteiger partial charge in [0.25, 0.3) is 0 Å². The van der Waals surface area contributed by atoms with E-state index >= 15 is 0 Å². The molecule has 4 atom stereocenters. The largest absolute Gasteiger partial charge is 0.382 e. The fraction of sp³-hybridized carbons (Fsp3) is 0.643. The lowest BCUT2D eigenvalue weighted by molar-refractivity contribution is 0.0715. The van der Waals surface area contributed by atoms with Crippen LogP contribution in [0.4, 0.5) is 11.6 Å². The summed E-state index contributed by atoms with van der Waals surface area (Å²) in [6, 6.07) is 0. The molecule has 0 fully saturated rings. The minimum Gasteiger partial charge on any atom is -0.382 e. The molecule has 4 aromatic heterocycles. The number of nitrogens with two attached hydrogens (primary N) is 2. The van der Waals surface area contributed by atoms with Crippen molar-refractivity contribution in [3.8, 4) is 0 Å². The maximum atomic E-state index is 12.4. The number of fused-ring (bicyclic) bond motifs is 2. The van der Waals surface area contributed by atoms with Crippen LogP contribution in [0.3, 0.4) is 0 Å². The van der Waals surface area contributed by atoms with E-state index in [0.29, 0.717) is 48.3 Å². The van der Waals surface area contributed by atoms with Crippen LogP contribution in [-0.2, 0) is 40.7 Å². The Labute approximate surface area is 278 Å². The molecule has 4 aromatic rings. The van der Waals surface area contributed by atoms with Crippen LogP contribution in [0.15, 0.2) is 25.3 Å². The second-order valence-electron chi connectivity index (χ2n) is 11.6. The van der Waals surface area contributed by atoms with E-state index in [1.54, 1.807) is 35.6 Å². The van der Waals surface area contributed by atoms with Gasteiger partial charge in [0.05, 0.1) is 51.2 Å². The highest BCUT2D eigenvalue weighted by atomic mass is 31.2. The number of hydrogen-bond donors (Lipinski definition) is 4. The van der Waals surface area contributed by atoms with Gasteiger partial charge in [0, 0.05) is 0 Å². The number of imidazole rings is 2. The van der Waals surface area contributed by atoms with Crippen LogP contribution in [0.1, 0.15) is 65.2 Å². The highest BCUT2D eigenvalue weighted by molar-refractivity contribution is 7.52. The van der Waals surface area contributed by atoms with Crippen molar-refractivity contribution in [3.05, 3.63) is 25.3 Å². The number of anilines is 2. The number of nitrogens with zero attached hydrogens (tertiary/aromatic N) is 8. The van der Waals surface area contributed by atoms with Gasteiger partial charge >= 0.3 is 15.2 Å². The monoisotopic (exact) mass is 712 g/mol. The van der Waals surface area contributed by atoms with E-state index < -0.39 is 27.9 Å². The fourth-order valence-corrected chi connectivity index (χ4v) is 6.78. The molecule has 4 heterocycles. The lowest BCUT2D eigenvalue weighted by Gasteiger charge is -2.17. The van der Waals surface area contributed by atoms with Crippen LogP contribution >= 0.6 is 15.2 Å². The Morgan fingerprint density at radius 2 is 1.02 bits per heavy atom. The molecule has 18 nitrogen and oxygen atoms in total. The van der Waals surface area contributed by atoms with E-state index in [2.05, 4.69) is 29.9 Å². The molecule has 6 N–H and O–H groups in total. The van der Waals surface area contributed by atoms with Gasteiger partial charge in [0.2, 0.25) is 0 Å². The first kappa shape index (κ1) is 37.7. The molecule has 0 bridgehead atoms. The quantitative estimate of drug-likeness (QED) is 0.0624. The number of rotatable bonds is 23. The van der Waals surface area contributed by atoms with Gasteiger partial charge in [-0.05, 0) is 26.7 Å². The topological polar surface area (TPSA) is 251 Å². The van der Waals surface area contributed by atoms with Gasteiger partial charge in [-0.3, -0.25) is 9.13 Å². The van der Waals surface area contributed by atoms with Crippen LogP contribution < -0.4 is 11.5 Å². The molecule has 0 aliphatic rings. The SMILES string of the molecule is C[C@H](Cn1cnc2c(N)ncnc21)OCP(=O)(O)OCCCCCCCCCCOP(=O)(O)CO[C@H](C)Cn1cnc2c(N)ncnc21. The molecule has 0 spiro atoms. The summed E-state index contributed by atoms with van der Waals surface area (Å²) in [6.07, 6.45) is 11.4. The van der Waals surface area contributed by atoms with Gasteiger partial charge in [-0.15, -0.1) is 0 Å². The second-order valence-corrected chi connectivity index (χ2v) is 15.2. The molecular weight excluding hydrogens is 666 g/mol. The molecule has 4 rings (SSSR count). The normalized spacial score (nSPS) is 15.8. The Balaban J connectivity index is 0.965. The van der Waals surface area contributed by atoms with Crippen molar-refractivity contribution in [2.75, 3.05) is 37.4 Å². The number of hydrogen-bond acceptors (Lipinski definition) is 14. The Hall–Kier alpha value is -3.08. The second kappa shape index (κ2) is 18.1. The van der Waals surface area contributed by atoms with E-state index in [4.69, 9.17) is 30.0 Å². The van der Waals surface area contributed by atoms with Crippen molar-refractivity contribution in [1.82, 2.24) is 39.0 Å². The van der Waals surface area contributed by atoms with Crippen LogP contribution in [0.5, 0.6) is 0 Å². The first-order valence-corrected chi connectivity index (χ1v) is 19.4. The van der Waals surface area contributed by atoms with Gasteiger partial charge in [0.15, 0.2) is 22.9 Å².